The number of hydrogen-bond acceptors (Lipinski definition) is 7. The summed E-state index contributed by atoms with van der Waals surface area (Å²) in [7, 11) is 1.47. The van der Waals surface area contributed by atoms with E-state index in [0.29, 0.717) is 5.75 Å². The molecule has 0 atom stereocenters. The van der Waals surface area contributed by atoms with E-state index in [9.17, 15) is 14.9 Å². The Morgan fingerprint density at radius 1 is 1.03 bits per heavy atom. The number of non-ortho nitro benzene ring substituents is 1. The topological polar surface area (TPSA) is 91.6 Å². The van der Waals surface area contributed by atoms with Crippen molar-refractivity contribution in [3.8, 4) is 22.1 Å². The summed E-state index contributed by atoms with van der Waals surface area (Å²) in [6.07, 6.45) is 0. The molecule has 7 nitrogen and oxygen atoms in total. The van der Waals surface area contributed by atoms with Crippen LogP contribution in [0, 0.1) is 10.1 Å². The molecule has 0 fully saturated rings. The number of carbonyl (C=O) groups is 1. The second-order valence-electron chi connectivity index (χ2n) is 6.05. The second kappa shape index (κ2) is 7.69. The minimum absolute atomic E-state index is 0.0801. The van der Waals surface area contributed by atoms with Gasteiger partial charge in [0.1, 0.15) is 5.01 Å². The largest absolute Gasteiger partial charge is 0.493 e. The highest BCUT2D eigenvalue weighted by atomic mass is 32.1. The summed E-state index contributed by atoms with van der Waals surface area (Å²) in [5, 5.41) is 11.7. The van der Waals surface area contributed by atoms with Gasteiger partial charge in [0.2, 0.25) is 0 Å². The van der Waals surface area contributed by atoms with E-state index in [0.717, 1.165) is 20.8 Å². The maximum atomic E-state index is 12.4. The van der Waals surface area contributed by atoms with Gasteiger partial charge in [-0.1, -0.05) is 18.2 Å². The fourth-order valence-corrected chi connectivity index (χ4v) is 3.75. The predicted molar refractivity (Wildman–Crippen MR) is 110 cm³/mol. The molecule has 144 valence electrons. The number of aromatic nitrogens is 1. The summed E-state index contributed by atoms with van der Waals surface area (Å²) in [6, 6.07) is 18.4. The summed E-state index contributed by atoms with van der Waals surface area (Å²) >= 11 is 1.55. The molecular weight excluding hydrogens is 392 g/mol. The number of nitro benzene ring substituents is 1. The van der Waals surface area contributed by atoms with Gasteiger partial charge in [-0.05, 0) is 36.4 Å². The number of fused-ring (bicyclic) bond motifs is 1. The van der Waals surface area contributed by atoms with Crippen molar-refractivity contribution in [2.75, 3.05) is 7.11 Å². The van der Waals surface area contributed by atoms with Crippen LogP contribution < -0.4 is 9.47 Å². The summed E-state index contributed by atoms with van der Waals surface area (Å²) in [5.41, 5.74) is 1.64. The highest BCUT2D eigenvalue weighted by Crippen LogP contribution is 2.36. The predicted octanol–water partition coefficient (Wildman–Crippen LogP) is 5.10. The smallest absolute Gasteiger partial charge is 0.343 e. The van der Waals surface area contributed by atoms with E-state index in [4.69, 9.17) is 9.47 Å². The van der Waals surface area contributed by atoms with E-state index in [1.165, 1.54) is 31.4 Å². The van der Waals surface area contributed by atoms with Gasteiger partial charge in [0.15, 0.2) is 11.5 Å². The molecule has 0 saturated heterocycles. The first kappa shape index (κ1) is 18.6. The third kappa shape index (κ3) is 3.78. The van der Waals surface area contributed by atoms with Gasteiger partial charge in [-0.25, -0.2) is 9.78 Å². The van der Waals surface area contributed by atoms with Crippen LogP contribution in [0.1, 0.15) is 10.4 Å². The summed E-state index contributed by atoms with van der Waals surface area (Å²) in [4.78, 5) is 27.4. The van der Waals surface area contributed by atoms with Crippen molar-refractivity contribution >= 4 is 33.2 Å². The number of rotatable bonds is 5. The van der Waals surface area contributed by atoms with Gasteiger partial charge in [-0.2, -0.15) is 0 Å². The highest BCUT2D eigenvalue weighted by Gasteiger charge is 2.17. The van der Waals surface area contributed by atoms with Gasteiger partial charge in [0.25, 0.3) is 5.69 Å². The average Bonchev–Trinajstić information content (AvgIpc) is 3.18. The summed E-state index contributed by atoms with van der Waals surface area (Å²) < 4.78 is 11.8. The molecule has 0 bridgehead atoms. The van der Waals surface area contributed by atoms with Crippen LogP contribution in [-0.4, -0.2) is 23.0 Å². The number of para-hydroxylation sites is 1. The number of nitrogens with zero attached hydrogens (tertiary/aromatic N) is 2. The Hall–Kier alpha value is -3.78. The maximum Gasteiger partial charge on any atom is 0.343 e. The third-order valence-electron chi connectivity index (χ3n) is 4.20. The molecule has 4 aromatic rings. The number of esters is 1. The molecule has 0 saturated carbocycles. The number of benzene rings is 3. The molecule has 0 aliphatic rings. The molecule has 0 amide bonds. The summed E-state index contributed by atoms with van der Waals surface area (Å²) in [6.45, 7) is 0. The van der Waals surface area contributed by atoms with E-state index in [1.807, 2.05) is 24.3 Å². The zero-order valence-corrected chi connectivity index (χ0v) is 16.0. The Morgan fingerprint density at radius 3 is 2.62 bits per heavy atom. The molecule has 0 unspecified atom stereocenters. The Morgan fingerprint density at radius 2 is 1.86 bits per heavy atom. The minimum Gasteiger partial charge on any atom is -0.493 e. The molecule has 0 N–H and O–H groups in total. The van der Waals surface area contributed by atoms with Crippen LogP contribution in [0.4, 0.5) is 5.69 Å². The number of nitro groups is 1. The van der Waals surface area contributed by atoms with Crippen LogP contribution >= 0.6 is 11.3 Å². The second-order valence-corrected chi connectivity index (χ2v) is 7.08. The monoisotopic (exact) mass is 406 g/mol. The first-order chi connectivity index (χ1) is 14.0. The van der Waals surface area contributed by atoms with Gasteiger partial charge >= 0.3 is 5.97 Å². The SMILES string of the molecule is COc1cc(-c2nc3ccccc3s2)ccc1OC(=O)c1cccc([N+](=O)[O-])c1. The molecular formula is C21H14N2O5S. The molecule has 29 heavy (non-hydrogen) atoms. The van der Waals surface area contributed by atoms with Crippen LogP contribution in [-0.2, 0) is 0 Å². The van der Waals surface area contributed by atoms with Crippen molar-refractivity contribution in [1.82, 2.24) is 4.98 Å². The van der Waals surface area contributed by atoms with E-state index < -0.39 is 10.9 Å². The molecule has 4 rings (SSSR count). The van der Waals surface area contributed by atoms with Crippen molar-refractivity contribution in [2.45, 2.75) is 0 Å². The van der Waals surface area contributed by atoms with Crippen LogP contribution in [0.2, 0.25) is 0 Å². The fraction of sp³-hybridized carbons (Fsp3) is 0.0476. The van der Waals surface area contributed by atoms with E-state index in [1.54, 1.807) is 29.5 Å². The van der Waals surface area contributed by atoms with Gasteiger partial charge in [-0.3, -0.25) is 10.1 Å². The lowest BCUT2D eigenvalue weighted by Crippen LogP contribution is -2.09. The van der Waals surface area contributed by atoms with E-state index in [-0.39, 0.29) is 17.0 Å². The van der Waals surface area contributed by atoms with Crippen molar-refractivity contribution in [2.24, 2.45) is 0 Å². The number of carbonyl (C=O) groups excluding carboxylic acids is 1. The van der Waals surface area contributed by atoms with Crippen LogP contribution in [0.3, 0.4) is 0 Å². The van der Waals surface area contributed by atoms with Crippen LogP contribution in [0.5, 0.6) is 11.5 Å². The average molecular weight is 406 g/mol. The van der Waals surface area contributed by atoms with Crippen molar-refractivity contribution in [3.05, 3.63) is 82.4 Å². The van der Waals surface area contributed by atoms with Crippen molar-refractivity contribution in [1.29, 1.82) is 0 Å². The molecule has 0 aliphatic heterocycles. The molecule has 0 spiro atoms. The molecule has 3 aromatic carbocycles. The number of ether oxygens (including phenoxy) is 2. The first-order valence-electron chi connectivity index (χ1n) is 8.56. The minimum atomic E-state index is -0.709. The molecule has 0 aliphatic carbocycles. The molecule has 1 aromatic heterocycles. The molecule has 8 heteroatoms. The number of thiazole rings is 1. The van der Waals surface area contributed by atoms with Crippen molar-refractivity contribution in [3.63, 3.8) is 0 Å². The lowest BCUT2D eigenvalue weighted by atomic mass is 10.2. The van der Waals surface area contributed by atoms with Gasteiger partial charge < -0.3 is 9.47 Å². The Labute approximate surface area is 169 Å². The van der Waals surface area contributed by atoms with Gasteiger partial charge in [0, 0.05) is 17.7 Å². The normalized spacial score (nSPS) is 10.7. The van der Waals surface area contributed by atoms with Crippen LogP contribution in [0.15, 0.2) is 66.7 Å². The van der Waals surface area contributed by atoms with Crippen LogP contribution in [0.25, 0.3) is 20.8 Å². The fourth-order valence-electron chi connectivity index (χ4n) is 2.79. The van der Waals surface area contributed by atoms with Gasteiger partial charge in [-0.15, -0.1) is 11.3 Å². The summed E-state index contributed by atoms with van der Waals surface area (Å²) in [5.74, 6) is -0.130. The molecule has 1 heterocycles. The van der Waals surface area contributed by atoms with Crippen molar-refractivity contribution < 1.29 is 19.2 Å². The Bertz CT molecular complexity index is 1200. The third-order valence-corrected chi connectivity index (χ3v) is 5.29. The quantitative estimate of drug-likeness (QED) is 0.198. The highest BCUT2D eigenvalue weighted by molar-refractivity contribution is 7.21. The first-order valence-corrected chi connectivity index (χ1v) is 9.37. The van der Waals surface area contributed by atoms with E-state index >= 15 is 0 Å². The number of hydrogen-bond donors (Lipinski definition) is 0. The van der Waals surface area contributed by atoms with E-state index in [2.05, 4.69) is 4.98 Å². The Balaban J connectivity index is 1.62. The lowest BCUT2D eigenvalue weighted by Gasteiger charge is -2.10. The standard InChI is InChI=1S/C21H14N2O5S/c1-27-18-12-13(20-22-16-7-2-3-8-19(16)29-20)9-10-17(18)28-21(24)14-5-4-6-15(11-14)23(25)26/h2-12H,1H3. The van der Waals surface area contributed by atoms with Gasteiger partial charge in [0.05, 0.1) is 27.8 Å². The maximum absolute atomic E-state index is 12.4. The Kier molecular flexibility index (Phi) is 4.92. The number of methoxy groups -OCH3 is 1. The lowest BCUT2D eigenvalue weighted by molar-refractivity contribution is -0.384. The molecule has 0 radical (unpaired) electrons. The zero-order valence-electron chi connectivity index (χ0n) is 15.2. The zero-order chi connectivity index (χ0) is 20.4.